The number of hydrogen-bond acceptors (Lipinski definition) is 8. The van der Waals surface area contributed by atoms with Gasteiger partial charge >= 0.3 is 0 Å². The van der Waals surface area contributed by atoms with Crippen LogP contribution in [0.5, 0.6) is 11.5 Å². The Labute approximate surface area is 242 Å². The van der Waals surface area contributed by atoms with Gasteiger partial charge in [0.15, 0.2) is 22.5 Å². The topological polar surface area (TPSA) is 107 Å². The van der Waals surface area contributed by atoms with Crippen molar-refractivity contribution in [2.24, 2.45) is 0 Å². The van der Waals surface area contributed by atoms with Gasteiger partial charge in [-0.3, -0.25) is 9.36 Å². The molecule has 6 rings (SSSR count). The van der Waals surface area contributed by atoms with Crippen molar-refractivity contribution in [2.75, 3.05) is 38.7 Å². The van der Waals surface area contributed by atoms with Crippen molar-refractivity contribution in [3.05, 3.63) is 83.9 Å². The highest BCUT2D eigenvalue weighted by Gasteiger charge is 2.30. The van der Waals surface area contributed by atoms with E-state index in [0.717, 1.165) is 16.7 Å². The molecule has 0 N–H and O–H groups in total. The van der Waals surface area contributed by atoms with Gasteiger partial charge in [-0.2, -0.15) is 4.31 Å². The summed E-state index contributed by atoms with van der Waals surface area (Å²) in [7, 11) is -3.59. The van der Waals surface area contributed by atoms with Crippen LogP contribution in [-0.2, 0) is 21.4 Å². The normalized spacial score (nSPS) is 15.3. The van der Waals surface area contributed by atoms with Crippen LogP contribution in [0.2, 0.25) is 0 Å². The highest BCUT2D eigenvalue weighted by molar-refractivity contribution is 7.99. The second-order valence-electron chi connectivity index (χ2n) is 9.83. The van der Waals surface area contributed by atoms with E-state index >= 15 is 0 Å². The van der Waals surface area contributed by atoms with Crippen LogP contribution in [0, 0.1) is 6.92 Å². The van der Waals surface area contributed by atoms with Crippen LogP contribution < -0.4 is 9.47 Å². The first kappa shape index (κ1) is 27.3. The molecule has 0 spiro atoms. The van der Waals surface area contributed by atoms with Gasteiger partial charge in [-0.05, 0) is 36.8 Å². The molecule has 3 aromatic carbocycles. The summed E-state index contributed by atoms with van der Waals surface area (Å²) in [5.41, 5.74) is 2.91. The number of amides is 1. The fraction of sp³-hybridized carbons (Fsp3) is 0.276. The summed E-state index contributed by atoms with van der Waals surface area (Å²) in [6.45, 7) is 3.79. The number of aromatic nitrogens is 3. The largest absolute Gasteiger partial charge is 0.454 e. The Hall–Kier alpha value is -3.87. The highest BCUT2D eigenvalue weighted by Crippen LogP contribution is 2.34. The van der Waals surface area contributed by atoms with Crippen molar-refractivity contribution >= 4 is 27.7 Å². The zero-order chi connectivity index (χ0) is 28.4. The zero-order valence-corrected chi connectivity index (χ0v) is 24.1. The lowest BCUT2D eigenvalue weighted by molar-refractivity contribution is -0.129. The van der Waals surface area contributed by atoms with E-state index in [9.17, 15) is 13.2 Å². The number of aryl methyl sites for hydroxylation is 1. The van der Waals surface area contributed by atoms with E-state index in [1.54, 1.807) is 29.2 Å². The molecule has 0 saturated carbocycles. The van der Waals surface area contributed by atoms with Crippen LogP contribution in [0.1, 0.15) is 11.1 Å². The Morgan fingerprint density at radius 2 is 1.63 bits per heavy atom. The molecule has 1 amide bonds. The summed E-state index contributed by atoms with van der Waals surface area (Å²) in [6, 6.07) is 22.4. The lowest BCUT2D eigenvalue weighted by Crippen LogP contribution is -2.50. The van der Waals surface area contributed by atoms with Crippen LogP contribution in [0.4, 0.5) is 0 Å². The number of hydrogen-bond donors (Lipinski definition) is 0. The van der Waals surface area contributed by atoms with Crippen molar-refractivity contribution in [2.45, 2.75) is 23.5 Å². The average Bonchev–Trinajstić information content (AvgIpc) is 3.63. The molecule has 0 bridgehead atoms. The van der Waals surface area contributed by atoms with E-state index in [1.807, 2.05) is 60.0 Å². The van der Waals surface area contributed by atoms with Gasteiger partial charge in [-0.1, -0.05) is 65.9 Å². The predicted molar refractivity (Wildman–Crippen MR) is 154 cm³/mol. The molecule has 0 unspecified atom stereocenters. The molecular weight excluding hydrogens is 562 g/mol. The minimum absolute atomic E-state index is 0.0683. The quantitative estimate of drug-likeness (QED) is 0.286. The molecule has 1 saturated heterocycles. The van der Waals surface area contributed by atoms with Gasteiger partial charge in [0.25, 0.3) is 0 Å². The second kappa shape index (κ2) is 11.6. The third-order valence-corrected chi connectivity index (χ3v) is 9.97. The molecule has 41 heavy (non-hydrogen) atoms. The maximum Gasteiger partial charge on any atom is 0.243 e. The van der Waals surface area contributed by atoms with E-state index in [-0.39, 0.29) is 36.4 Å². The number of piperazine rings is 1. The summed E-state index contributed by atoms with van der Waals surface area (Å²) in [4.78, 5) is 15.1. The maximum atomic E-state index is 13.2. The molecule has 0 aliphatic carbocycles. The number of carbonyl (C=O) groups excluding carboxylic acids is 1. The number of thioether (sulfide) groups is 1. The Kier molecular flexibility index (Phi) is 7.69. The van der Waals surface area contributed by atoms with Gasteiger partial charge in [0.05, 0.1) is 17.2 Å². The molecule has 4 aromatic rings. The molecule has 2 aliphatic heterocycles. The van der Waals surface area contributed by atoms with Crippen LogP contribution in [0.3, 0.4) is 0 Å². The highest BCUT2D eigenvalue weighted by atomic mass is 32.2. The number of ether oxygens (including phenoxy) is 2. The van der Waals surface area contributed by atoms with E-state index in [4.69, 9.17) is 9.47 Å². The summed E-state index contributed by atoms with van der Waals surface area (Å²) in [5, 5.41) is 9.50. The van der Waals surface area contributed by atoms with Crippen LogP contribution in [0.15, 0.2) is 82.8 Å². The van der Waals surface area contributed by atoms with E-state index in [2.05, 4.69) is 10.2 Å². The minimum atomic E-state index is -3.59. The first-order chi connectivity index (χ1) is 19.9. The minimum Gasteiger partial charge on any atom is -0.454 e. The monoisotopic (exact) mass is 591 g/mol. The smallest absolute Gasteiger partial charge is 0.243 e. The summed E-state index contributed by atoms with van der Waals surface area (Å²) >= 11 is 1.32. The molecule has 1 fully saturated rings. The molecule has 1 aromatic heterocycles. The molecular formula is C29H29N5O5S2. The standard InChI is InChI=1S/C29H29N5O5S2/c1-21-7-10-24(11-8-21)41(36,37)33-15-13-32(14-16-33)27(35)19-40-29-31-30-28(23-5-3-2-4-6-23)34(29)18-22-9-12-25-26(17-22)39-20-38-25/h2-12,17H,13-16,18-20H2,1H3. The van der Waals surface area contributed by atoms with Crippen LogP contribution in [-0.4, -0.2) is 77.0 Å². The number of sulfonamides is 1. The SMILES string of the molecule is Cc1ccc(S(=O)(=O)N2CCN(C(=O)CSc3nnc(-c4ccccc4)n3Cc3ccc4c(c3)OCO4)CC2)cc1. The lowest BCUT2D eigenvalue weighted by atomic mass is 10.2. The zero-order valence-electron chi connectivity index (χ0n) is 22.5. The molecule has 212 valence electrons. The van der Waals surface area contributed by atoms with Crippen molar-refractivity contribution in [3.63, 3.8) is 0 Å². The van der Waals surface area contributed by atoms with Gasteiger partial charge in [0, 0.05) is 31.7 Å². The first-order valence-corrected chi connectivity index (χ1v) is 15.7. The van der Waals surface area contributed by atoms with Crippen molar-refractivity contribution in [3.8, 4) is 22.9 Å². The van der Waals surface area contributed by atoms with Gasteiger partial charge in [0.2, 0.25) is 22.7 Å². The Morgan fingerprint density at radius 1 is 0.902 bits per heavy atom. The van der Waals surface area contributed by atoms with Crippen molar-refractivity contribution in [1.29, 1.82) is 0 Å². The number of benzene rings is 3. The van der Waals surface area contributed by atoms with Crippen molar-refractivity contribution < 1.29 is 22.7 Å². The summed E-state index contributed by atoms with van der Waals surface area (Å²) in [6.07, 6.45) is 0. The third kappa shape index (κ3) is 5.81. The average molecular weight is 592 g/mol. The Balaban J connectivity index is 1.13. The number of nitrogens with zero attached hydrogens (tertiary/aromatic N) is 5. The van der Waals surface area contributed by atoms with E-state index in [1.165, 1.54) is 16.1 Å². The number of fused-ring (bicyclic) bond motifs is 1. The number of carbonyl (C=O) groups is 1. The Bertz CT molecular complexity index is 1650. The summed E-state index contributed by atoms with van der Waals surface area (Å²) in [5.74, 6) is 2.21. The van der Waals surface area contributed by atoms with Crippen LogP contribution in [0.25, 0.3) is 11.4 Å². The first-order valence-electron chi connectivity index (χ1n) is 13.2. The fourth-order valence-electron chi connectivity index (χ4n) is 4.82. The predicted octanol–water partition coefficient (Wildman–Crippen LogP) is 3.66. The van der Waals surface area contributed by atoms with Gasteiger partial charge < -0.3 is 14.4 Å². The fourth-order valence-corrected chi connectivity index (χ4v) is 7.08. The molecule has 12 heteroatoms. The molecule has 0 radical (unpaired) electrons. The van der Waals surface area contributed by atoms with Gasteiger partial charge in [-0.15, -0.1) is 10.2 Å². The summed E-state index contributed by atoms with van der Waals surface area (Å²) < 4.78 is 40.5. The molecule has 2 aliphatic rings. The van der Waals surface area contributed by atoms with Gasteiger partial charge in [-0.25, -0.2) is 8.42 Å². The molecule has 0 atom stereocenters. The number of rotatable bonds is 8. The van der Waals surface area contributed by atoms with Crippen LogP contribution >= 0.6 is 11.8 Å². The third-order valence-electron chi connectivity index (χ3n) is 7.10. The Morgan fingerprint density at radius 3 is 2.39 bits per heavy atom. The van der Waals surface area contributed by atoms with Crippen molar-refractivity contribution in [1.82, 2.24) is 24.0 Å². The second-order valence-corrected chi connectivity index (χ2v) is 12.7. The van der Waals surface area contributed by atoms with E-state index < -0.39 is 10.0 Å². The van der Waals surface area contributed by atoms with E-state index in [0.29, 0.717) is 42.1 Å². The molecule has 10 nitrogen and oxygen atoms in total. The van der Waals surface area contributed by atoms with Gasteiger partial charge in [0.1, 0.15) is 0 Å². The maximum absolute atomic E-state index is 13.2. The molecule has 3 heterocycles. The lowest BCUT2D eigenvalue weighted by Gasteiger charge is -2.34.